The molecule has 1 aromatic carbocycles. The van der Waals surface area contributed by atoms with Crippen LogP contribution < -0.4 is 0 Å². The second-order valence-electron chi connectivity index (χ2n) is 8.52. The van der Waals surface area contributed by atoms with E-state index >= 15 is 0 Å². The van der Waals surface area contributed by atoms with Gasteiger partial charge in [0.15, 0.2) is 0 Å². The normalized spacial score (nSPS) is 16.4. The molecule has 33 heavy (non-hydrogen) atoms. The van der Waals surface area contributed by atoms with Crippen molar-refractivity contribution >= 4 is 26.0 Å². The molecular weight excluding hydrogens is 468 g/mol. The van der Waals surface area contributed by atoms with Crippen LogP contribution in [0.4, 0.5) is 0 Å². The van der Waals surface area contributed by atoms with E-state index in [1.165, 1.54) is 30.5 Å². The standard InChI is InChI=1S/C22H30N2O7S2/c1-16(2)17-5-8-20(9-6-17)32(26,27)24-13-11-18(12-14-24)22(25)30-15-19-7-10-21(31-19)33(28,29)23(3)4/h5-10,16,18H,11-15H2,1-4H3. The lowest BCUT2D eigenvalue weighted by molar-refractivity contribution is -0.151. The number of sulfonamides is 2. The van der Waals surface area contributed by atoms with Crippen molar-refractivity contribution in [2.75, 3.05) is 27.2 Å². The summed E-state index contributed by atoms with van der Waals surface area (Å²) in [5.74, 6) is -0.358. The molecule has 0 atom stereocenters. The van der Waals surface area contributed by atoms with Gasteiger partial charge < -0.3 is 9.15 Å². The van der Waals surface area contributed by atoms with Gasteiger partial charge in [0, 0.05) is 27.2 Å². The molecular formula is C22H30N2O7S2. The Morgan fingerprint density at radius 2 is 1.67 bits per heavy atom. The molecule has 0 spiro atoms. The SMILES string of the molecule is CC(C)c1ccc(S(=O)(=O)N2CCC(C(=O)OCc3ccc(S(=O)(=O)N(C)C)o3)CC2)cc1. The highest BCUT2D eigenvalue weighted by atomic mass is 32.2. The van der Waals surface area contributed by atoms with Crippen LogP contribution in [0.15, 0.2) is 50.8 Å². The fourth-order valence-corrected chi connectivity index (χ4v) is 5.80. The summed E-state index contributed by atoms with van der Waals surface area (Å²) in [4.78, 5) is 12.7. The second kappa shape index (κ2) is 9.96. The molecule has 0 amide bonds. The van der Waals surface area contributed by atoms with Crippen LogP contribution in [0, 0.1) is 5.92 Å². The number of furan rings is 1. The molecule has 0 radical (unpaired) electrons. The second-order valence-corrected chi connectivity index (χ2v) is 12.5. The molecule has 2 aromatic rings. The summed E-state index contributed by atoms with van der Waals surface area (Å²) in [5, 5.41) is -0.224. The minimum absolute atomic E-state index is 0.192. The predicted octanol–water partition coefficient (Wildman–Crippen LogP) is 2.80. The summed E-state index contributed by atoms with van der Waals surface area (Å²) in [6.45, 7) is 4.34. The molecule has 0 N–H and O–H groups in total. The summed E-state index contributed by atoms with van der Waals surface area (Å²) >= 11 is 0. The highest BCUT2D eigenvalue weighted by Gasteiger charge is 2.33. The smallest absolute Gasteiger partial charge is 0.309 e. The lowest BCUT2D eigenvalue weighted by Gasteiger charge is -2.30. The first kappa shape index (κ1) is 25.4. The summed E-state index contributed by atoms with van der Waals surface area (Å²) in [5.41, 5.74) is 1.07. The molecule has 1 aliphatic rings. The first-order valence-corrected chi connectivity index (χ1v) is 13.6. The van der Waals surface area contributed by atoms with Gasteiger partial charge in [-0.3, -0.25) is 4.79 Å². The van der Waals surface area contributed by atoms with Crippen LogP contribution in [0.2, 0.25) is 0 Å². The first-order valence-electron chi connectivity index (χ1n) is 10.7. The number of benzene rings is 1. The maximum absolute atomic E-state index is 12.9. The molecule has 0 unspecified atom stereocenters. The van der Waals surface area contributed by atoms with Crippen molar-refractivity contribution in [1.29, 1.82) is 0 Å². The van der Waals surface area contributed by atoms with Gasteiger partial charge in [0.25, 0.3) is 10.0 Å². The molecule has 11 heteroatoms. The zero-order chi connectivity index (χ0) is 24.4. The van der Waals surface area contributed by atoms with E-state index in [2.05, 4.69) is 0 Å². The quantitative estimate of drug-likeness (QED) is 0.514. The number of hydrogen-bond donors (Lipinski definition) is 0. The molecule has 1 saturated heterocycles. The van der Waals surface area contributed by atoms with Crippen molar-refractivity contribution in [2.24, 2.45) is 5.92 Å². The van der Waals surface area contributed by atoms with E-state index in [0.717, 1.165) is 9.87 Å². The van der Waals surface area contributed by atoms with Gasteiger partial charge in [0.2, 0.25) is 15.1 Å². The maximum atomic E-state index is 12.9. The Labute approximate surface area is 195 Å². The largest absolute Gasteiger partial charge is 0.457 e. The van der Waals surface area contributed by atoms with Gasteiger partial charge in [-0.05, 0) is 48.6 Å². The molecule has 2 heterocycles. The highest BCUT2D eigenvalue weighted by Crippen LogP contribution is 2.26. The van der Waals surface area contributed by atoms with Crippen LogP contribution >= 0.6 is 0 Å². The monoisotopic (exact) mass is 498 g/mol. The number of esters is 1. The van der Waals surface area contributed by atoms with Gasteiger partial charge in [0.1, 0.15) is 12.4 Å². The summed E-state index contributed by atoms with van der Waals surface area (Å²) in [6.07, 6.45) is 0.696. The number of ether oxygens (including phenoxy) is 1. The van der Waals surface area contributed by atoms with Crippen LogP contribution in [0.1, 0.15) is 43.9 Å². The number of hydrogen-bond acceptors (Lipinski definition) is 7. The third kappa shape index (κ3) is 5.65. The maximum Gasteiger partial charge on any atom is 0.309 e. The van der Waals surface area contributed by atoms with Crippen molar-refractivity contribution < 1.29 is 30.8 Å². The fraction of sp³-hybridized carbons (Fsp3) is 0.500. The zero-order valence-electron chi connectivity index (χ0n) is 19.2. The number of rotatable bonds is 8. The number of nitrogens with zero attached hydrogens (tertiary/aromatic N) is 2. The van der Waals surface area contributed by atoms with Crippen molar-refractivity contribution in [1.82, 2.24) is 8.61 Å². The Bertz CT molecular complexity index is 1180. The predicted molar refractivity (Wildman–Crippen MR) is 121 cm³/mol. The first-order chi connectivity index (χ1) is 15.4. The van der Waals surface area contributed by atoms with Gasteiger partial charge >= 0.3 is 5.97 Å². The van der Waals surface area contributed by atoms with Crippen molar-refractivity contribution in [3.8, 4) is 0 Å². The van der Waals surface area contributed by atoms with Gasteiger partial charge in [-0.1, -0.05) is 26.0 Å². The molecule has 0 bridgehead atoms. The van der Waals surface area contributed by atoms with E-state index in [9.17, 15) is 21.6 Å². The number of carbonyl (C=O) groups is 1. The van der Waals surface area contributed by atoms with Crippen molar-refractivity contribution in [3.05, 3.63) is 47.7 Å². The summed E-state index contributed by atoms with van der Waals surface area (Å²) in [6, 6.07) is 9.66. The van der Waals surface area contributed by atoms with Crippen LogP contribution in [0.5, 0.6) is 0 Å². The Morgan fingerprint density at radius 1 is 1.06 bits per heavy atom. The Kier molecular flexibility index (Phi) is 7.67. The number of piperidine rings is 1. The van der Waals surface area contributed by atoms with Gasteiger partial charge in [-0.15, -0.1) is 0 Å². The van der Waals surface area contributed by atoms with Crippen LogP contribution in [-0.4, -0.2) is 58.6 Å². The van der Waals surface area contributed by atoms with Crippen LogP contribution in [-0.2, 0) is 36.2 Å². The lowest BCUT2D eigenvalue weighted by Crippen LogP contribution is -2.40. The molecule has 0 saturated carbocycles. The van der Waals surface area contributed by atoms with E-state index in [-0.39, 0.29) is 35.4 Å². The Hall–Kier alpha value is -2.21. The fourth-order valence-electron chi connectivity index (χ4n) is 3.52. The average molecular weight is 499 g/mol. The molecule has 3 rings (SSSR count). The minimum atomic E-state index is -3.70. The molecule has 0 aliphatic carbocycles. The Balaban J connectivity index is 1.54. The third-order valence-corrected chi connectivity index (χ3v) is 9.30. The van der Waals surface area contributed by atoms with Gasteiger partial charge in [-0.2, -0.15) is 4.31 Å². The van der Waals surface area contributed by atoms with Crippen LogP contribution in [0.25, 0.3) is 0 Å². The topological polar surface area (TPSA) is 114 Å². The van der Waals surface area contributed by atoms with Crippen molar-refractivity contribution in [2.45, 2.75) is 49.2 Å². The lowest BCUT2D eigenvalue weighted by atomic mass is 9.98. The van der Waals surface area contributed by atoms with E-state index in [1.807, 2.05) is 26.0 Å². The van der Waals surface area contributed by atoms with Crippen molar-refractivity contribution in [3.63, 3.8) is 0 Å². The number of carbonyl (C=O) groups excluding carboxylic acids is 1. The zero-order valence-corrected chi connectivity index (χ0v) is 20.9. The van der Waals surface area contributed by atoms with E-state index in [1.54, 1.807) is 12.1 Å². The molecule has 9 nitrogen and oxygen atoms in total. The summed E-state index contributed by atoms with van der Waals surface area (Å²) in [7, 11) is -4.54. The average Bonchev–Trinajstić information content (AvgIpc) is 3.27. The highest BCUT2D eigenvalue weighted by molar-refractivity contribution is 7.89. The van der Waals surface area contributed by atoms with E-state index < -0.39 is 31.9 Å². The van der Waals surface area contributed by atoms with E-state index in [4.69, 9.17) is 9.15 Å². The molecule has 1 fully saturated rings. The minimum Gasteiger partial charge on any atom is -0.457 e. The molecule has 182 valence electrons. The summed E-state index contributed by atoms with van der Waals surface area (Å²) < 4.78 is 63.0. The van der Waals surface area contributed by atoms with E-state index in [0.29, 0.717) is 18.8 Å². The van der Waals surface area contributed by atoms with Crippen LogP contribution in [0.3, 0.4) is 0 Å². The molecule has 1 aromatic heterocycles. The Morgan fingerprint density at radius 3 is 2.21 bits per heavy atom. The molecule has 1 aliphatic heterocycles. The third-order valence-electron chi connectivity index (χ3n) is 5.70. The van der Waals surface area contributed by atoms with Gasteiger partial charge in [0.05, 0.1) is 10.8 Å². The van der Waals surface area contributed by atoms with Gasteiger partial charge in [-0.25, -0.2) is 21.1 Å².